The second-order valence-corrected chi connectivity index (χ2v) is 5.52. The number of nitrogens with zero attached hydrogens (tertiary/aromatic N) is 2. The van der Waals surface area contributed by atoms with Crippen LogP contribution in [0.5, 0.6) is 0 Å². The summed E-state index contributed by atoms with van der Waals surface area (Å²) in [5, 5.41) is 6.80. The van der Waals surface area contributed by atoms with Crippen molar-refractivity contribution in [2.45, 2.75) is 11.1 Å². The predicted octanol–water partition coefficient (Wildman–Crippen LogP) is 1.75. The normalized spacial score (nSPS) is 10.4. The van der Waals surface area contributed by atoms with Gasteiger partial charge in [-0.25, -0.2) is 4.98 Å². The highest BCUT2D eigenvalue weighted by Gasteiger charge is 2.08. The Morgan fingerprint density at radius 2 is 2.53 bits per heavy atom. The number of thioether (sulfide) groups is 1. The van der Waals surface area contributed by atoms with E-state index < -0.39 is 0 Å². The van der Waals surface area contributed by atoms with Crippen molar-refractivity contribution >= 4 is 40.0 Å². The maximum absolute atomic E-state index is 11.5. The zero-order chi connectivity index (χ0) is 12.3. The molecule has 2 rings (SSSR count). The standard InChI is InChI=1S/C9H10N4O2S2/c1-5-2-6(13-15-5)12-7(14)4-16-8-3-11-9(10)17-8/h2-3H,4H2,1H3,(H2,10,11)(H,12,13,14). The molecule has 90 valence electrons. The van der Waals surface area contributed by atoms with Crippen LogP contribution in [0.2, 0.25) is 0 Å². The van der Waals surface area contributed by atoms with Crippen LogP contribution in [0.25, 0.3) is 0 Å². The van der Waals surface area contributed by atoms with E-state index in [0.29, 0.717) is 16.7 Å². The number of anilines is 2. The van der Waals surface area contributed by atoms with Gasteiger partial charge < -0.3 is 15.6 Å². The molecule has 3 N–H and O–H groups in total. The van der Waals surface area contributed by atoms with Gasteiger partial charge in [-0.1, -0.05) is 16.5 Å². The highest BCUT2D eigenvalue weighted by Crippen LogP contribution is 2.26. The molecule has 0 saturated carbocycles. The van der Waals surface area contributed by atoms with Crippen LogP contribution in [0, 0.1) is 6.92 Å². The Hall–Kier alpha value is -1.54. The van der Waals surface area contributed by atoms with Crippen LogP contribution in [0.15, 0.2) is 21.0 Å². The highest BCUT2D eigenvalue weighted by molar-refractivity contribution is 8.01. The average molecular weight is 270 g/mol. The third kappa shape index (κ3) is 3.46. The molecule has 6 nitrogen and oxygen atoms in total. The molecule has 17 heavy (non-hydrogen) atoms. The summed E-state index contributed by atoms with van der Waals surface area (Å²) >= 11 is 2.74. The lowest BCUT2D eigenvalue weighted by Gasteiger charge is -1.98. The monoisotopic (exact) mass is 270 g/mol. The van der Waals surface area contributed by atoms with E-state index in [0.717, 1.165) is 4.21 Å². The summed E-state index contributed by atoms with van der Waals surface area (Å²) in [7, 11) is 0. The fraction of sp³-hybridized carbons (Fsp3) is 0.222. The summed E-state index contributed by atoms with van der Waals surface area (Å²) in [4.78, 5) is 15.4. The SMILES string of the molecule is Cc1cc(NC(=O)CSc2cnc(N)s2)no1. The Bertz CT molecular complexity index is 523. The van der Waals surface area contributed by atoms with Crippen molar-refractivity contribution in [1.29, 1.82) is 0 Å². The van der Waals surface area contributed by atoms with E-state index in [1.807, 2.05) is 0 Å². The fourth-order valence-electron chi connectivity index (χ4n) is 1.08. The second-order valence-electron chi connectivity index (χ2n) is 3.18. The molecule has 1 amide bonds. The Morgan fingerprint density at radius 3 is 3.12 bits per heavy atom. The lowest BCUT2D eigenvalue weighted by atomic mass is 10.5. The Balaban J connectivity index is 1.82. The first-order valence-electron chi connectivity index (χ1n) is 4.71. The van der Waals surface area contributed by atoms with E-state index in [1.54, 1.807) is 19.2 Å². The molecule has 8 heteroatoms. The van der Waals surface area contributed by atoms with Crippen LogP contribution in [-0.4, -0.2) is 21.8 Å². The molecule has 2 aromatic heterocycles. The molecule has 0 radical (unpaired) electrons. The van der Waals surface area contributed by atoms with Gasteiger partial charge in [0.05, 0.1) is 16.2 Å². The summed E-state index contributed by atoms with van der Waals surface area (Å²) in [6.07, 6.45) is 1.65. The van der Waals surface area contributed by atoms with Crippen molar-refractivity contribution in [2.24, 2.45) is 0 Å². The van der Waals surface area contributed by atoms with Crippen LogP contribution in [0.3, 0.4) is 0 Å². The largest absolute Gasteiger partial charge is 0.375 e. The summed E-state index contributed by atoms with van der Waals surface area (Å²) in [5.74, 6) is 1.23. The Kier molecular flexibility index (Phi) is 3.64. The molecule has 0 bridgehead atoms. The van der Waals surface area contributed by atoms with Crippen LogP contribution >= 0.6 is 23.1 Å². The van der Waals surface area contributed by atoms with E-state index in [2.05, 4.69) is 15.5 Å². The molecule has 0 aliphatic rings. The first-order chi connectivity index (χ1) is 8.13. The predicted molar refractivity (Wildman–Crippen MR) is 67.1 cm³/mol. The van der Waals surface area contributed by atoms with Gasteiger partial charge in [-0.05, 0) is 6.92 Å². The minimum atomic E-state index is -0.143. The number of aromatic nitrogens is 2. The molecule has 0 aromatic carbocycles. The van der Waals surface area contributed by atoms with Gasteiger partial charge in [0.1, 0.15) is 5.76 Å². The van der Waals surface area contributed by atoms with Crippen LogP contribution < -0.4 is 11.1 Å². The molecule has 0 atom stereocenters. The molecule has 2 aromatic rings. The van der Waals surface area contributed by atoms with Crippen molar-refractivity contribution in [3.63, 3.8) is 0 Å². The summed E-state index contributed by atoms with van der Waals surface area (Å²) < 4.78 is 5.75. The van der Waals surface area contributed by atoms with Gasteiger partial charge in [-0.15, -0.1) is 11.8 Å². The van der Waals surface area contributed by atoms with E-state index in [-0.39, 0.29) is 11.7 Å². The number of nitrogens with one attached hydrogen (secondary N) is 1. The molecular weight excluding hydrogens is 260 g/mol. The van der Waals surface area contributed by atoms with E-state index in [9.17, 15) is 4.79 Å². The number of nitrogens with two attached hydrogens (primary N) is 1. The minimum Gasteiger partial charge on any atom is -0.375 e. The molecule has 0 spiro atoms. The van der Waals surface area contributed by atoms with Crippen LogP contribution in [0.1, 0.15) is 5.76 Å². The van der Waals surface area contributed by atoms with Crippen molar-refractivity contribution in [3.05, 3.63) is 18.0 Å². The number of hydrogen-bond donors (Lipinski definition) is 2. The summed E-state index contributed by atoms with van der Waals surface area (Å²) in [6.45, 7) is 1.76. The molecule has 0 aliphatic carbocycles. The number of carbonyl (C=O) groups excluding carboxylic acids is 1. The van der Waals surface area contributed by atoms with E-state index >= 15 is 0 Å². The third-order valence-corrected chi connectivity index (χ3v) is 3.76. The van der Waals surface area contributed by atoms with E-state index in [4.69, 9.17) is 10.3 Å². The Morgan fingerprint density at radius 1 is 1.71 bits per heavy atom. The molecule has 0 unspecified atom stereocenters. The van der Waals surface area contributed by atoms with Gasteiger partial charge >= 0.3 is 0 Å². The highest BCUT2D eigenvalue weighted by atomic mass is 32.2. The third-order valence-electron chi connectivity index (χ3n) is 1.74. The van der Waals surface area contributed by atoms with Gasteiger partial charge in [-0.3, -0.25) is 4.79 Å². The lowest BCUT2D eigenvalue weighted by Crippen LogP contribution is -2.13. The number of thiazole rings is 1. The van der Waals surface area contributed by atoms with Crippen LogP contribution in [-0.2, 0) is 4.79 Å². The van der Waals surface area contributed by atoms with Gasteiger partial charge in [0.15, 0.2) is 10.9 Å². The van der Waals surface area contributed by atoms with Gasteiger partial charge in [0, 0.05) is 6.07 Å². The first kappa shape index (κ1) is 11.9. The summed E-state index contributed by atoms with van der Waals surface area (Å²) in [5.41, 5.74) is 5.48. The fourth-order valence-corrected chi connectivity index (χ4v) is 2.64. The van der Waals surface area contributed by atoms with E-state index in [1.165, 1.54) is 23.1 Å². The smallest absolute Gasteiger partial charge is 0.236 e. The second kappa shape index (κ2) is 5.19. The molecule has 0 fully saturated rings. The van der Waals surface area contributed by atoms with Crippen molar-refractivity contribution in [3.8, 4) is 0 Å². The Labute approximate surface area is 106 Å². The molecule has 2 heterocycles. The maximum Gasteiger partial charge on any atom is 0.236 e. The number of rotatable bonds is 4. The zero-order valence-electron chi connectivity index (χ0n) is 8.97. The van der Waals surface area contributed by atoms with Gasteiger partial charge in [-0.2, -0.15) is 0 Å². The number of amides is 1. The summed E-state index contributed by atoms with van der Waals surface area (Å²) in [6, 6.07) is 1.66. The number of nitrogen functional groups attached to an aromatic ring is 1. The topological polar surface area (TPSA) is 94.0 Å². The number of aryl methyl sites for hydroxylation is 1. The maximum atomic E-state index is 11.5. The number of hydrogen-bond acceptors (Lipinski definition) is 7. The van der Waals surface area contributed by atoms with Gasteiger partial charge in [0.2, 0.25) is 5.91 Å². The molecular formula is C9H10N4O2S2. The van der Waals surface area contributed by atoms with Crippen molar-refractivity contribution in [1.82, 2.24) is 10.1 Å². The quantitative estimate of drug-likeness (QED) is 0.822. The minimum absolute atomic E-state index is 0.143. The average Bonchev–Trinajstić information content (AvgIpc) is 2.85. The van der Waals surface area contributed by atoms with Crippen molar-refractivity contribution < 1.29 is 9.32 Å². The zero-order valence-corrected chi connectivity index (χ0v) is 10.6. The van der Waals surface area contributed by atoms with Gasteiger partial charge in [0.25, 0.3) is 0 Å². The molecule has 0 saturated heterocycles. The molecule has 0 aliphatic heterocycles. The number of carbonyl (C=O) groups is 1. The lowest BCUT2D eigenvalue weighted by molar-refractivity contribution is -0.113. The van der Waals surface area contributed by atoms with Crippen LogP contribution in [0.4, 0.5) is 10.9 Å². The van der Waals surface area contributed by atoms with Crippen molar-refractivity contribution in [2.75, 3.05) is 16.8 Å². The first-order valence-corrected chi connectivity index (χ1v) is 6.51.